The van der Waals surface area contributed by atoms with Gasteiger partial charge in [-0.15, -0.1) is 0 Å². The number of nitrogens with zero attached hydrogens (tertiary/aromatic N) is 1. The maximum Gasteiger partial charge on any atom is 0.236 e. The Hall–Kier alpha value is -0.610. The van der Waals surface area contributed by atoms with E-state index in [-0.39, 0.29) is 5.91 Å². The molecule has 0 bridgehead atoms. The predicted octanol–water partition coefficient (Wildman–Crippen LogP) is 1.55. The summed E-state index contributed by atoms with van der Waals surface area (Å²) in [5, 5.41) is 3.17. The standard InChI is InChI=1S/C14H26N2O2/c1-16(12-7-8-12)14(17)11-15-9-10-18-13-5-3-2-4-6-13/h12-13,15H,2-11H2,1H3. The molecular formula is C14H26N2O2. The van der Waals surface area contributed by atoms with Crippen molar-refractivity contribution in [1.29, 1.82) is 0 Å². The van der Waals surface area contributed by atoms with E-state index in [0.29, 0.717) is 18.7 Å². The monoisotopic (exact) mass is 254 g/mol. The van der Waals surface area contributed by atoms with E-state index in [4.69, 9.17) is 4.74 Å². The third-order valence-electron chi connectivity index (χ3n) is 3.95. The molecule has 2 aliphatic rings. The molecule has 0 aliphatic heterocycles. The van der Waals surface area contributed by atoms with Crippen LogP contribution in [0.4, 0.5) is 0 Å². The molecule has 0 unspecified atom stereocenters. The molecule has 0 spiro atoms. The molecule has 0 radical (unpaired) electrons. The van der Waals surface area contributed by atoms with Gasteiger partial charge >= 0.3 is 0 Å². The Morgan fingerprint density at radius 3 is 2.61 bits per heavy atom. The first-order chi connectivity index (χ1) is 8.77. The van der Waals surface area contributed by atoms with Gasteiger partial charge in [0, 0.05) is 19.6 Å². The summed E-state index contributed by atoms with van der Waals surface area (Å²) in [5.41, 5.74) is 0. The minimum absolute atomic E-state index is 0.204. The van der Waals surface area contributed by atoms with Crippen molar-refractivity contribution in [2.75, 3.05) is 26.7 Å². The lowest BCUT2D eigenvalue weighted by atomic mass is 9.98. The number of ether oxygens (including phenoxy) is 1. The average Bonchev–Trinajstić information content (AvgIpc) is 3.23. The maximum atomic E-state index is 11.7. The molecule has 2 rings (SSSR count). The summed E-state index contributed by atoms with van der Waals surface area (Å²) < 4.78 is 5.80. The van der Waals surface area contributed by atoms with Crippen LogP contribution in [0.1, 0.15) is 44.9 Å². The fourth-order valence-corrected chi connectivity index (χ4v) is 2.52. The van der Waals surface area contributed by atoms with Crippen molar-refractivity contribution in [3.05, 3.63) is 0 Å². The fraction of sp³-hybridized carbons (Fsp3) is 0.929. The Labute approximate surface area is 110 Å². The van der Waals surface area contributed by atoms with E-state index in [1.165, 1.54) is 44.9 Å². The van der Waals surface area contributed by atoms with Gasteiger partial charge in [0.2, 0.25) is 5.91 Å². The fourth-order valence-electron chi connectivity index (χ4n) is 2.52. The number of amides is 1. The summed E-state index contributed by atoms with van der Waals surface area (Å²) in [4.78, 5) is 13.6. The summed E-state index contributed by atoms with van der Waals surface area (Å²) in [6.07, 6.45) is 9.21. The van der Waals surface area contributed by atoms with E-state index in [1.54, 1.807) is 0 Å². The Balaban J connectivity index is 1.46. The average molecular weight is 254 g/mol. The first kappa shape index (κ1) is 13.8. The van der Waals surface area contributed by atoms with Crippen molar-refractivity contribution >= 4 is 5.91 Å². The Morgan fingerprint density at radius 1 is 1.22 bits per heavy atom. The van der Waals surface area contributed by atoms with Gasteiger partial charge in [0.25, 0.3) is 0 Å². The van der Waals surface area contributed by atoms with E-state index >= 15 is 0 Å². The molecule has 0 aromatic rings. The zero-order chi connectivity index (χ0) is 12.8. The summed E-state index contributed by atoms with van der Waals surface area (Å²) in [6, 6.07) is 0.512. The quantitative estimate of drug-likeness (QED) is 0.701. The molecule has 2 aliphatic carbocycles. The largest absolute Gasteiger partial charge is 0.377 e. The molecule has 0 saturated heterocycles. The van der Waals surface area contributed by atoms with Gasteiger partial charge in [-0.25, -0.2) is 0 Å². The highest BCUT2D eigenvalue weighted by Crippen LogP contribution is 2.25. The van der Waals surface area contributed by atoms with Crippen LogP contribution in [0.25, 0.3) is 0 Å². The summed E-state index contributed by atoms with van der Waals surface area (Å²) >= 11 is 0. The number of carbonyl (C=O) groups excluding carboxylic acids is 1. The zero-order valence-corrected chi connectivity index (χ0v) is 11.5. The molecule has 2 saturated carbocycles. The minimum Gasteiger partial charge on any atom is -0.377 e. The van der Waals surface area contributed by atoms with E-state index in [0.717, 1.165) is 13.2 Å². The molecule has 0 aromatic heterocycles. The summed E-state index contributed by atoms with van der Waals surface area (Å²) in [6.45, 7) is 1.95. The molecule has 2 fully saturated rings. The highest BCUT2D eigenvalue weighted by atomic mass is 16.5. The van der Waals surface area contributed by atoms with Crippen molar-refractivity contribution in [1.82, 2.24) is 10.2 Å². The lowest BCUT2D eigenvalue weighted by Crippen LogP contribution is -2.38. The van der Waals surface area contributed by atoms with Gasteiger partial charge in [0.15, 0.2) is 0 Å². The van der Waals surface area contributed by atoms with Crippen LogP contribution in [0.5, 0.6) is 0 Å². The molecule has 4 nitrogen and oxygen atoms in total. The van der Waals surface area contributed by atoms with Crippen molar-refractivity contribution in [3.63, 3.8) is 0 Å². The smallest absolute Gasteiger partial charge is 0.236 e. The predicted molar refractivity (Wildman–Crippen MR) is 71.5 cm³/mol. The summed E-state index contributed by atoms with van der Waals surface area (Å²) in [5.74, 6) is 0.204. The van der Waals surface area contributed by atoms with Gasteiger partial charge in [0.1, 0.15) is 0 Å². The normalized spacial score (nSPS) is 20.9. The van der Waals surface area contributed by atoms with E-state index in [9.17, 15) is 4.79 Å². The molecule has 1 amide bonds. The van der Waals surface area contributed by atoms with Gasteiger partial charge in [-0.1, -0.05) is 19.3 Å². The van der Waals surface area contributed by atoms with Crippen LogP contribution >= 0.6 is 0 Å². The van der Waals surface area contributed by atoms with Crippen LogP contribution < -0.4 is 5.32 Å². The molecule has 0 atom stereocenters. The van der Waals surface area contributed by atoms with Crippen LogP contribution in [-0.4, -0.2) is 49.7 Å². The molecule has 4 heteroatoms. The molecule has 18 heavy (non-hydrogen) atoms. The minimum atomic E-state index is 0.204. The van der Waals surface area contributed by atoms with Gasteiger partial charge in [-0.05, 0) is 25.7 Å². The maximum absolute atomic E-state index is 11.7. The molecule has 0 heterocycles. The third-order valence-corrected chi connectivity index (χ3v) is 3.95. The number of likely N-dealkylation sites (N-methyl/N-ethyl adjacent to an activating group) is 1. The van der Waals surface area contributed by atoms with Crippen LogP contribution in [0.3, 0.4) is 0 Å². The zero-order valence-electron chi connectivity index (χ0n) is 11.5. The van der Waals surface area contributed by atoms with Gasteiger partial charge in [-0.2, -0.15) is 0 Å². The van der Waals surface area contributed by atoms with Crippen LogP contribution in [-0.2, 0) is 9.53 Å². The molecular weight excluding hydrogens is 228 g/mol. The Bertz CT molecular complexity index is 261. The second kappa shape index (κ2) is 7.10. The second-order valence-corrected chi connectivity index (χ2v) is 5.54. The van der Waals surface area contributed by atoms with Crippen LogP contribution in [0, 0.1) is 0 Å². The number of nitrogens with one attached hydrogen (secondary N) is 1. The Kier molecular flexibility index (Phi) is 5.45. The molecule has 0 aromatic carbocycles. The van der Waals surface area contributed by atoms with Crippen molar-refractivity contribution in [2.24, 2.45) is 0 Å². The van der Waals surface area contributed by atoms with Gasteiger partial charge < -0.3 is 15.0 Å². The van der Waals surface area contributed by atoms with Crippen molar-refractivity contribution in [3.8, 4) is 0 Å². The number of hydrogen-bond acceptors (Lipinski definition) is 3. The molecule has 104 valence electrons. The van der Waals surface area contributed by atoms with Crippen molar-refractivity contribution in [2.45, 2.75) is 57.1 Å². The summed E-state index contributed by atoms with van der Waals surface area (Å²) in [7, 11) is 1.90. The number of rotatable bonds is 7. The lowest BCUT2D eigenvalue weighted by molar-refractivity contribution is -0.129. The highest BCUT2D eigenvalue weighted by molar-refractivity contribution is 5.78. The van der Waals surface area contributed by atoms with E-state index in [2.05, 4.69) is 5.32 Å². The molecule has 1 N–H and O–H groups in total. The first-order valence-corrected chi connectivity index (χ1v) is 7.35. The highest BCUT2D eigenvalue weighted by Gasteiger charge is 2.28. The van der Waals surface area contributed by atoms with E-state index in [1.807, 2.05) is 11.9 Å². The van der Waals surface area contributed by atoms with Gasteiger partial charge in [0.05, 0.1) is 19.3 Å². The Morgan fingerprint density at radius 2 is 1.94 bits per heavy atom. The second-order valence-electron chi connectivity index (χ2n) is 5.54. The number of hydrogen-bond donors (Lipinski definition) is 1. The number of carbonyl (C=O) groups is 1. The first-order valence-electron chi connectivity index (χ1n) is 7.35. The van der Waals surface area contributed by atoms with Crippen molar-refractivity contribution < 1.29 is 9.53 Å². The third kappa shape index (κ3) is 4.58. The van der Waals surface area contributed by atoms with Crippen LogP contribution in [0.15, 0.2) is 0 Å². The topological polar surface area (TPSA) is 41.6 Å². The SMILES string of the molecule is CN(C(=O)CNCCOC1CCCCC1)C1CC1. The lowest BCUT2D eigenvalue weighted by Gasteiger charge is -2.22. The van der Waals surface area contributed by atoms with E-state index < -0.39 is 0 Å². The van der Waals surface area contributed by atoms with Gasteiger partial charge in [-0.3, -0.25) is 4.79 Å². The van der Waals surface area contributed by atoms with Crippen LogP contribution in [0.2, 0.25) is 0 Å².